The van der Waals surface area contributed by atoms with E-state index in [0.29, 0.717) is 48.3 Å². The first kappa shape index (κ1) is 19.7. The molecule has 3 aromatic rings. The number of H-pyrrole nitrogens is 1. The predicted octanol–water partition coefficient (Wildman–Crippen LogP) is 2.78. The van der Waals surface area contributed by atoms with Crippen molar-refractivity contribution in [2.24, 2.45) is 5.41 Å². The minimum absolute atomic E-state index is 0.162. The van der Waals surface area contributed by atoms with Crippen molar-refractivity contribution in [2.45, 2.75) is 57.1 Å². The Hall–Kier alpha value is -2.96. The van der Waals surface area contributed by atoms with E-state index < -0.39 is 5.60 Å². The maximum Gasteiger partial charge on any atom is 0.177 e. The zero-order valence-corrected chi connectivity index (χ0v) is 18.2. The van der Waals surface area contributed by atoms with Crippen molar-refractivity contribution in [3.05, 3.63) is 29.6 Å². The highest BCUT2D eigenvalue weighted by atomic mass is 16.5. The molecule has 1 aliphatic heterocycles. The third-order valence-electron chi connectivity index (χ3n) is 7.69. The van der Waals surface area contributed by atoms with Crippen LogP contribution < -0.4 is 4.90 Å². The second-order valence-electron chi connectivity index (χ2n) is 9.68. The highest BCUT2D eigenvalue weighted by molar-refractivity contribution is 5.88. The third kappa shape index (κ3) is 3.01. The van der Waals surface area contributed by atoms with Crippen molar-refractivity contribution in [3.63, 3.8) is 0 Å². The van der Waals surface area contributed by atoms with Gasteiger partial charge in [0.1, 0.15) is 11.9 Å². The molecule has 4 heterocycles. The van der Waals surface area contributed by atoms with E-state index >= 15 is 0 Å². The molecular weight excluding hydrogens is 406 g/mol. The average molecular weight is 434 g/mol. The molecule has 9 nitrogen and oxygen atoms in total. The number of nitrogens with one attached hydrogen (secondary N) is 1. The zero-order chi connectivity index (χ0) is 21.9. The smallest absolute Gasteiger partial charge is 0.177 e. The van der Waals surface area contributed by atoms with Gasteiger partial charge in [-0.15, -0.1) is 0 Å². The van der Waals surface area contributed by atoms with Crippen molar-refractivity contribution >= 4 is 16.9 Å². The number of pyridine rings is 1. The first-order valence-electron chi connectivity index (χ1n) is 11.4. The molecule has 0 aromatic carbocycles. The van der Waals surface area contributed by atoms with E-state index in [-0.39, 0.29) is 11.7 Å². The summed E-state index contributed by atoms with van der Waals surface area (Å²) in [5.74, 6) is 1.35. The molecule has 32 heavy (non-hydrogen) atoms. The molecular formula is C23H27N7O2. The molecule has 3 aromatic heterocycles. The molecule has 166 valence electrons. The van der Waals surface area contributed by atoms with Gasteiger partial charge < -0.3 is 14.7 Å². The third-order valence-corrected chi connectivity index (χ3v) is 7.69. The Kier molecular flexibility index (Phi) is 4.32. The monoisotopic (exact) mass is 433 g/mol. The van der Waals surface area contributed by atoms with Crippen molar-refractivity contribution in [1.82, 2.24) is 25.0 Å². The van der Waals surface area contributed by atoms with Crippen LogP contribution in [0.25, 0.3) is 16.9 Å². The molecule has 0 radical (unpaired) electrons. The first-order valence-corrected chi connectivity index (χ1v) is 11.4. The molecule has 2 aliphatic carbocycles. The van der Waals surface area contributed by atoms with Crippen LogP contribution >= 0.6 is 0 Å². The Balaban J connectivity index is 1.57. The molecule has 1 saturated heterocycles. The van der Waals surface area contributed by atoms with Crippen molar-refractivity contribution in [3.8, 4) is 11.9 Å². The van der Waals surface area contributed by atoms with Gasteiger partial charge in [0, 0.05) is 24.4 Å². The standard InChI is InChI=1S/C23H27N7O2/c1-15-14-32-11-10-29(15)19-12-16(23(31)7-5-22(3-4-22)6-8-23)20-17(13-24)28-30(21(20)26-19)18-2-9-25-27-18/h2,9,12,15,31H,3-8,10-11,14H2,1H3,(H,25,27)/t15-/m1/s1. The van der Waals surface area contributed by atoms with Gasteiger partial charge in [0.2, 0.25) is 0 Å². The fourth-order valence-electron chi connectivity index (χ4n) is 5.43. The lowest BCUT2D eigenvalue weighted by molar-refractivity contribution is -0.0173. The summed E-state index contributed by atoms with van der Waals surface area (Å²) in [6.07, 6.45) is 7.69. The molecule has 2 saturated carbocycles. The number of ether oxygens (including phenoxy) is 1. The predicted molar refractivity (Wildman–Crippen MR) is 117 cm³/mol. The number of aliphatic hydroxyl groups is 1. The van der Waals surface area contributed by atoms with Gasteiger partial charge in [-0.2, -0.15) is 20.1 Å². The largest absolute Gasteiger partial charge is 0.385 e. The van der Waals surface area contributed by atoms with Crippen molar-refractivity contribution in [1.29, 1.82) is 5.26 Å². The Labute approximate surface area is 186 Å². The average Bonchev–Trinajstić information content (AvgIpc) is 3.20. The summed E-state index contributed by atoms with van der Waals surface area (Å²) in [5.41, 5.74) is 1.04. The van der Waals surface area contributed by atoms with E-state index in [1.165, 1.54) is 12.8 Å². The molecule has 0 amide bonds. The number of fused-ring (bicyclic) bond motifs is 1. The van der Waals surface area contributed by atoms with Gasteiger partial charge in [-0.1, -0.05) is 0 Å². The fraction of sp³-hybridized carbons (Fsp3) is 0.565. The molecule has 3 aliphatic rings. The minimum atomic E-state index is -0.996. The number of nitriles is 1. The van der Waals surface area contributed by atoms with Gasteiger partial charge in [-0.05, 0) is 56.9 Å². The van der Waals surface area contributed by atoms with E-state index in [1.807, 2.05) is 6.07 Å². The highest BCUT2D eigenvalue weighted by Gasteiger charge is 2.50. The Morgan fingerprint density at radius 2 is 2.00 bits per heavy atom. The summed E-state index contributed by atoms with van der Waals surface area (Å²) < 4.78 is 7.24. The van der Waals surface area contributed by atoms with Crippen LogP contribution in [0.3, 0.4) is 0 Å². The molecule has 3 fully saturated rings. The molecule has 2 N–H and O–H groups in total. The number of aromatic amines is 1. The number of morpholine rings is 1. The molecule has 6 rings (SSSR count). The maximum absolute atomic E-state index is 11.9. The molecule has 9 heteroatoms. The van der Waals surface area contributed by atoms with Crippen LogP contribution in [-0.4, -0.2) is 55.9 Å². The lowest BCUT2D eigenvalue weighted by Crippen LogP contribution is -2.44. The van der Waals surface area contributed by atoms with E-state index in [4.69, 9.17) is 9.72 Å². The number of rotatable bonds is 3. The Bertz CT molecular complexity index is 1200. The summed E-state index contributed by atoms with van der Waals surface area (Å²) >= 11 is 0. The number of aromatic nitrogens is 5. The molecule has 0 bridgehead atoms. The van der Waals surface area contributed by atoms with Crippen LogP contribution in [0.5, 0.6) is 0 Å². The van der Waals surface area contributed by atoms with E-state index in [2.05, 4.69) is 33.2 Å². The summed E-state index contributed by atoms with van der Waals surface area (Å²) in [6.45, 7) is 4.10. The van der Waals surface area contributed by atoms with E-state index in [9.17, 15) is 10.4 Å². The van der Waals surface area contributed by atoms with Crippen LogP contribution in [0.1, 0.15) is 56.7 Å². The van der Waals surface area contributed by atoms with E-state index in [1.54, 1.807) is 16.9 Å². The summed E-state index contributed by atoms with van der Waals surface area (Å²) in [5, 5.41) is 34.1. The summed E-state index contributed by atoms with van der Waals surface area (Å²) in [4.78, 5) is 7.17. The second kappa shape index (κ2) is 7.02. The van der Waals surface area contributed by atoms with Crippen LogP contribution in [-0.2, 0) is 10.3 Å². The quantitative estimate of drug-likeness (QED) is 0.652. The SMILES string of the molecule is C[C@@H]1COCCN1c1cc(C2(O)CCC3(CC3)CC2)c2c(C#N)nn(-c3cc[nH]n3)c2n1. The second-order valence-corrected chi connectivity index (χ2v) is 9.68. The highest BCUT2D eigenvalue weighted by Crippen LogP contribution is 2.60. The van der Waals surface area contributed by atoms with Crippen molar-refractivity contribution < 1.29 is 9.84 Å². The van der Waals surface area contributed by atoms with E-state index in [0.717, 1.165) is 30.8 Å². The van der Waals surface area contributed by atoms with Gasteiger partial charge in [0.25, 0.3) is 0 Å². The van der Waals surface area contributed by atoms with Gasteiger partial charge in [-0.25, -0.2) is 4.98 Å². The Morgan fingerprint density at radius 3 is 2.66 bits per heavy atom. The summed E-state index contributed by atoms with van der Waals surface area (Å²) in [7, 11) is 0. The molecule has 1 spiro atoms. The molecule has 1 atom stereocenters. The number of hydrogen-bond donors (Lipinski definition) is 2. The zero-order valence-electron chi connectivity index (χ0n) is 18.2. The number of anilines is 1. The lowest BCUT2D eigenvalue weighted by Gasteiger charge is -2.39. The van der Waals surface area contributed by atoms with Crippen LogP contribution in [0.2, 0.25) is 0 Å². The normalized spacial score (nSPS) is 24.0. The van der Waals surface area contributed by atoms with Crippen LogP contribution in [0.15, 0.2) is 18.3 Å². The van der Waals surface area contributed by atoms with Gasteiger partial charge in [0.15, 0.2) is 17.2 Å². The van der Waals surface area contributed by atoms with Gasteiger partial charge in [-0.3, -0.25) is 5.10 Å². The fourth-order valence-corrected chi connectivity index (χ4v) is 5.43. The number of hydrogen-bond acceptors (Lipinski definition) is 7. The van der Waals surface area contributed by atoms with Gasteiger partial charge in [0.05, 0.1) is 30.2 Å². The topological polar surface area (TPSA) is 116 Å². The minimum Gasteiger partial charge on any atom is -0.385 e. The first-order chi connectivity index (χ1) is 15.5. The van der Waals surface area contributed by atoms with Crippen LogP contribution in [0.4, 0.5) is 5.82 Å². The maximum atomic E-state index is 11.9. The Morgan fingerprint density at radius 1 is 1.22 bits per heavy atom. The molecule has 0 unspecified atom stereocenters. The lowest BCUT2D eigenvalue weighted by atomic mass is 9.73. The summed E-state index contributed by atoms with van der Waals surface area (Å²) in [6, 6.07) is 6.18. The van der Waals surface area contributed by atoms with Gasteiger partial charge >= 0.3 is 0 Å². The van der Waals surface area contributed by atoms with Crippen molar-refractivity contribution in [2.75, 3.05) is 24.7 Å². The van der Waals surface area contributed by atoms with Crippen LogP contribution in [0, 0.1) is 16.7 Å². The number of nitrogens with zero attached hydrogens (tertiary/aromatic N) is 6.